The molecule has 0 bridgehead atoms. The molecule has 3 rings (SSSR count). The van der Waals surface area contributed by atoms with Crippen molar-refractivity contribution in [1.82, 2.24) is 10.6 Å². The van der Waals surface area contributed by atoms with E-state index in [0.717, 1.165) is 12.8 Å². The maximum atomic E-state index is 13.1. The molecule has 1 aromatic carbocycles. The zero-order valence-corrected chi connectivity index (χ0v) is 12.1. The summed E-state index contributed by atoms with van der Waals surface area (Å²) in [5, 5.41) is 5.43. The highest BCUT2D eigenvalue weighted by atomic mass is 19.3. The summed E-state index contributed by atoms with van der Waals surface area (Å²) < 4.78 is 26.2. The first-order valence-electron chi connectivity index (χ1n) is 7.33. The van der Waals surface area contributed by atoms with Gasteiger partial charge >= 0.3 is 0 Å². The maximum Gasteiger partial charge on any atom is 0.262 e. The van der Waals surface area contributed by atoms with Gasteiger partial charge in [-0.2, -0.15) is 0 Å². The van der Waals surface area contributed by atoms with Crippen molar-refractivity contribution in [3.05, 3.63) is 35.4 Å². The Labute approximate surface area is 123 Å². The summed E-state index contributed by atoms with van der Waals surface area (Å²) in [7, 11) is 0. The van der Waals surface area contributed by atoms with E-state index in [9.17, 15) is 13.6 Å². The minimum absolute atomic E-state index is 0.0273. The lowest BCUT2D eigenvalue weighted by atomic mass is 9.87. The summed E-state index contributed by atoms with van der Waals surface area (Å²) >= 11 is 0. The summed E-state index contributed by atoms with van der Waals surface area (Å²) in [6, 6.07) is 7.50. The monoisotopic (exact) mass is 294 g/mol. The Morgan fingerprint density at radius 1 is 1.33 bits per heavy atom. The highest BCUT2D eigenvalue weighted by Gasteiger charge is 2.42. The van der Waals surface area contributed by atoms with E-state index < -0.39 is 24.9 Å². The Kier molecular flexibility index (Phi) is 3.48. The van der Waals surface area contributed by atoms with Crippen molar-refractivity contribution < 1.29 is 13.6 Å². The van der Waals surface area contributed by atoms with Crippen LogP contribution >= 0.6 is 0 Å². The molecule has 2 aliphatic rings. The lowest BCUT2D eigenvalue weighted by molar-refractivity contribution is -0.123. The van der Waals surface area contributed by atoms with E-state index in [2.05, 4.69) is 29.7 Å². The third-order valence-electron chi connectivity index (χ3n) is 4.47. The Balaban J connectivity index is 1.55. The van der Waals surface area contributed by atoms with Crippen LogP contribution in [0.1, 0.15) is 24.5 Å². The molecule has 1 unspecified atom stereocenters. The van der Waals surface area contributed by atoms with Crippen molar-refractivity contribution in [1.29, 1.82) is 0 Å². The van der Waals surface area contributed by atoms with Crippen molar-refractivity contribution in [2.75, 3.05) is 13.1 Å². The van der Waals surface area contributed by atoms with Gasteiger partial charge in [-0.3, -0.25) is 10.1 Å². The van der Waals surface area contributed by atoms with Crippen LogP contribution in [0, 0.1) is 5.41 Å². The van der Waals surface area contributed by atoms with Crippen molar-refractivity contribution in [3.8, 4) is 0 Å². The fraction of sp³-hybridized carbons (Fsp3) is 0.562. The Morgan fingerprint density at radius 2 is 1.95 bits per heavy atom. The van der Waals surface area contributed by atoms with Gasteiger partial charge < -0.3 is 5.32 Å². The first kappa shape index (κ1) is 14.4. The van der Waals surface area contributed by atoms with Gasteiger partial charge in [0.05, 0.1) is 12.6 Å². The second-order valence-corrected chi connectivity index (χ2v) is 6.64. The van der Waals surface area contributed by atoms with E-state index in [1.54, 1.807) is 0 Å². The van der Waals surface area contributed by atoms with Crippen LogP contribution in [-0.4, -0.2) is 31.0 Å². The molecule has 1 amide bonds. The second kappa shape index (κ2) is 5.05. The molecule has 5 heteroatoms. The molecular weight excluding hydrogens is 274 g/mol. The molecule has 3 nitrogen and oxygen atoms in total. The number of amides is 1. The molecule has 1 fully saturated rings. The van der Waals surface area contributed by atoms with Crippen LogP contribution in [0.25, 0.3) is 0 Å². The van der Waals surface area contributed by atoms with Gasteiger partial charge in [-0.25, -0.2) is 8.78 Å². The van der Waals surface area contributed by atoms with Crippen LogP contribution < -0.4 is 10.6 Å². The normalized spacial score (nSPS) is 25.6. The molecule has 1 heterocycles. The number of fused-ring (bicyclic) bond motifs is 1. The molecule has 1 saturated heterocycles. The van der Waals surface area contributed by atoms with Crippen LogP contribution in [0.15, 0.2) is 24.3 Å². The Bertz CT molecular complexity index is 534. The predicted octanol–water partition coefficient (Wildman–Crippen LogP) is 1.90. The summed E-state index contributed by atoms with van der Waals surface area (Å²) in [5.74, 6) is -3.08. The third-order valence-corrected chi connectivity index (χ3v) is 4.47. The zero-order chi connectivity index (χ0) is 15.1. The van der Waals surface area contributed by atoms with E-state index in [-0.39, 0.29) is 11.3 Å². The lowest BCUT2D eigenvalue weighted by Gasteiger charge is -2.25. The minimum atomic E-state index is -2.77. The third kappa shape index (κ3) is 3.07. The van der Waals surface area contributed by atoms with Crippen LogP contribution in [0.5, 0.6) is 0 Å². The van der Waals surface area contributed by atoms with Crippen molar-refractivity contribution >= 4 is 5.91 Å². The molecule has 0 spiro atoms. The maximum absolute atomic E-state index is 13.1. The van der Waals surface area contributed by atoms with E-state index >= 15 is 0 Å². The van der Waals surface area contributed by atoms with Gasteiger partial charge in [0.2, 0.25) is 5.91 Å². The zero-order valence-electron chi connectivity index (χ0n) is 12.1. The molecule has 0 radical (unpaired) electrons. The number of alkyl halides is 2. The molecule has 114 valence electrons. The SMILES string of the molecule is CC1(CNC(=O)C2CC(F)(F)CN2)Cc2ccccc2C1. The highest BCUT2D eigenvalue weighted by Crippen LogP contribution is 2.36. The summed E-state index contributed by atoms with van der Waals surface area (Å²) in [4.78, 5) is 12.0. The number of rotatable bonds is 3. The molecule has 1 aliphatic carbocycles. The van der Waals surface area contributed by atoms with Gasteiger partial charge in [0.15, 0.2) is 0 Å². The van der Waals surface area contributed by atoms with Gasteiger partial charge in [-0.1, -0.05) is 31.2 Å². The van der Waals surface area contributed by atoms with Gasteiger partial charge in [0, 0.05) is 13.0 Å². The van der Waals surface area contributed by atoms with Gasteiger partial charge in [-0.05, 0) is 29.4 Å². The molecule has 1 aliphatic heterocycles. The number of hydrogen-bond acceptors (Lipinski definition) is 2. The van der Waals surface area contributed by atoms with Gasteiger partial charge in [0.25, 0.3) is 5.92 Å². The number of nitrogens with one attached hydrogen (secondary N) is 2. The molecule has 0 aromatic heterocycles. The van der Waals surface area contributed by atoms with Crippen LogP contribution in [0.4, 0.5) is 8.78 Å². The summed E-state index contributed by atoms with van der Waals surface area (Å²) in [6.07, 6.45) is 1.42. The summed E-state index contributed by atoms with van der Waals surface area (Å²) in [5.41, 5.74) is 2.61. The number of carbonyl (C=O) groups excluding carboxylic acids is 1. The molecule has 1 atom stereocenters. The van der Waals surface area contributed by atoms with Crippen molar-refractivity contribution in [2.24, 2.45) is 5.41 Å². The standard InChI is InChI=1S/C16H20F2N2O/c1-15(6-11-4-2-3-5-12(11)7-15)9-20-14(21)13-8-16(17,18)10-19-13/h2-5,13,19H,6-10H2,1H3,(H,20,21). The van der Waals surface area contributed by atoms with Crippen LogP contribution in [-0.2, 0) is 17.6 Å². The number of benzene rings is 1. The molecule has 2 N–H and O–H groups in total. The van der Waals surface area contributed by atoms with E-state index in [1.807, 2.05) is 12.1 Å². The van der Waals surface area contributed by atoms with Gasteiger partial charge in [-0.15, -0.1) is 0 Å². The molecular formula is C16H20F2N2O. The second-order valence-electron chi connectivity index (χ2n) is 6.64. The van der Waals surface area contributed by atoms with E-state index in [0.29, 0.717) is 6.54 Å². The smallest absolute Gasteiger partial charge is 0.262 e. The lowest BCUT2D eigenvalue weighted by Crippen LogP contribution is -2.44. The van der Waals surface area contributed by atoms with Crippen molar-refractivity contribution in [3.63, 3.8) is 0 Å². The average Bonchev–Trinajstić information content (AvgIpc) is 2.95. The number of halogens is 2. The fourth-order valence-electron chi connectivity index (χ4n) is 3.33. The van der Waals surface area contributed by atoms with Crippen LogP contribution in [0.3, 0.4) is 0 Å². The van der Waals surface area contributed by atoms with E-state index in [4.69, 9.17) is 0 Å². The fourth-order valence-corrected chi connectivity index (χ4v) is 3.33. The molecule has 1 aromatic rings. The van der Waals surface area contributed by atoms with Gasteiger partial charge in [0.1, 0.15) is 0 Å². The van der Waals surface area contributed by atoms with Crippen molar-refractivity contribution in [2.45, 2.75) is 38.2 Å². The molecule has 0 saturated carbocycles. The van der Waals surface area contributed by atoms with Crippen LogP contribution in [0.2, 0.25) is 0 Å². The Morgan fingerprint density at radius 3 is 2.48 bits per heavy atom. The minimum Gasteiger partial charge on any atom is -0.354 e. The largest absolute Gasteiger partial charge is 0.354 e. The molecule has 21 heavy (non-hydrogen) atoms. The quantitative estimate of drug-likeness (QED) is 0.894. The predicted molar refractivity (Wildman–Crippen MR) is 76.3 cm³/mol. The number of carbonyl (C=O) groups is 1. The summed E-state index contributed by atoms with van der Waals surface area (Å²) in [6.45, 7) is 2.24. The highest BCUT2D eigenvalue weighted by molar-refractivity contribution is 5.82. The number of hydrogen-bond donors (Lipinski definition) is 2. The topological polar surface area (TPSA) is 41.1 Å². The average molecular weight is 294 g/mol. The first-order valence-corrected chi connectivity index (χ1v) is 7.33. The van der Waals surface area contributed by atoms with E-state index in [1.165, 1.54) is 11.1 Å². The first-order chi connectivity index (χ1) is 9.87. The Hall–Kier alpha value is -1.49.